The van der Waals surface area contributed by atoms with Crippen molar-refractivity contribution >= 4 is 23.8 Å². The lowest BCUT2D eigenvalue weighted by atomic mass is 9.67. The van der Waals surface area contributed by atoms with Gasteiger partial charge in [-0.05, 0) is 133 Å². The second-order valence-corrected chi connectivity index (χ2v) is 13.1. The van der Waals surface area contributed by atoms with Gasteiger partial charge in [0.25, 0.3) is 0 Å². The second kappa shape index (κ2) is 12.1. The standard InChI is InChI=1S/C45H40N2/c1-29-23-31(3)41(32(4)24-29)27-46-37-19-15-35(16-20-37)45(43-13-9-7-11-39(43)40-12-8-10-14-44(40)45)36-17-21-38(22-18-36)47-28-42-33(5)25-30(2)26-34(42)6/h7-28H,1-6H3. The summed E-state index contributed by atoms with van der Waals surface area (Å²) in [4.78, 5) is 9.83. The molecule has 2 heteroatoms. The van der Waals surface area contributed by atoms with Gasteiger partial charge in [-0.25, -0.2) is 0 Å². The molecular formula is C45H40N2. The minimum Gasteiger partial charge on any atom is -0.256 e. The third-order valence-electron chi connectivity index (χ3n) is 9.71. The maximum atomic E-state index is 4.91. The van der Waals surface area contributed by atoms with E-state index in [-0.39, 0.29) is 0 Å². The van der Waals surface area contributed by atoms with Crippen molar-refractivity contribution in [2.75, 3.05) is 0 Å². The van der Waals surface area contributed by atoms with Crippen molar-refractivity contribution in [2.45, 2.75) is 47.0 Å². The van der Waals surface area contributed by atoms with Gasteiger partial charge in [-0.1, -0.05) is 108 Å². The number of aliphatic imine (C=N–C) groups is 2. The molecule has 0 spiro atoms. The molecule has 230 valence electrons. The van der Waals surface area contributed by atoms with Crippen LogP contribution in [-0.2, 0) is 5.41 Å². The van der Waals surface area contributed by atoms with E-state index in [1.54, 1.807) is 0 Å². The summed E-state index contributed by atoms with van der Waals surface area (Å²) in [5.74, 6) is 0. The van der Waals surface area contributed by atoms with Crippen molar-refractivity contribution < 1.29 is 0 Å². The average molecular weight is 609 g/mol. The van der Waals surface area contributed by atoms with Crippen molar-refractivity contribution in [3.05, 3.63) is 188 Å². The van der Waals surface area contributed by atoms with E-state index in [0.29, 0.717) is 0 Å². The lowest BCUT2D eigenvalue weighted by molar-refractivity contribution is 0.768. The number of nitrogens with zero attached hydrogens (tertiary/aromatic N) is 2. The zero-order chi connectivity index (χ0) is 32.7. The van der Waals surface area contributed by atoms with E-state index in [1.807, 2.05) is 12.4 Å². The molecule has 0 atom stereocenters. The summed E-state index contributed by atoms with van der Waals surface area (Å²) in [5.41, 5.74) is 18.9. The van der Waals surface area contributed by atoms with Crippen LogP contribution in [0.4, 0.5) is 11.4 Å². The minimum absolute atomic E-state index is 0.466. The van der Waals surface area contributed by atoms with Crippen LogP contribution in [0.3, 0.4) is 0 Å². The first kappa shape index (κ1) is 30.3. The molecule has 0 N–H and O–H groups in total. The topological polar surface area (TPSA) is 24.7 Å². The highest BCUT2D eigenvalue weighted by Crippen LogP contribution is 2.56. The van der Waals surface area contributed by atoms with Crippen LogP contribution in [0.5, 0.6) is 0 Å². The molecule has 6 aromatic rings. The Hall–Kier alpha value is -5.34. The predicted molar refractivity (Wildman–Crippen MR) is 200 cm³/mol. The second-order valence-electron chi connectivity index (χ2n) is 13.1. The van der Waals surface area contributed by atoms with Gasteiger partial charge in [-0.2, -0.15) is 0 Å². The van der Waals surface area contributed by atoms with Crippen LogP contribution in [0.15, 0.2) is 131 Å². The quantitative estimate of drug-likeness (QED) is 0.168. The fourth-order valence-electron chi connectivity index (χ4n) is 7.69. The summed E-state index contributed by atoms with van der Waals surface area (Å²) in [6, 6.07) is 44.2. The Balaban J connectivity index is 1.32. The van der Waals surface area contributed by atoms with Gasteiger partial charge in [-0.15, -0.1) is 0 Å². The van der Waals surface area contributed by atoms with Crippen molar-refractivity contribution in [1.29, 1.82) is 0 Å². The molecule has 0 radical (unpaired) electrons. The van der Waals surface area contributed by atoms with Crippen molar-refractivity contribution in [2.24, 2.45) is 9.98 Å². The molecule has 2 nitrogen and oxygen atoms in total. The van der Waals surface area contributed by atoms with Gasteiger partial charge in [0, 0.05) is 12.4 Å². The molecule has 1 aliphatic carbocycles. The Morgan fingerprint density at radius 2 is 0.766 bits per heavy atom. The SMILES string of the molecule is Cc1cc(C)c(C=Nc2ccc(C3(c4ccc(N=Cc5c(C)cc(C)cc5C)cc4)c4ccccc4-c4ccccc43)cc2)c(C)c1. The van der Waals surface area contributed by atoms with Crippen molar-refractivity contribution in [3.63, 3.8) is 0 Å². The minimum atomic E-state index is -0.466. The lowest BCUT2D eigenvalue weighted by Gasteiger charge is -2.34. The van der Waals surface area contributed by atoms with E-state index in [9.17, 15) is 0 Å². The molecule has 0 bridgehead atoms. The Kier molecular flexibility index (Phi) is 7.82. The van der Waals surface area contributed by atoms with E-state index in [4.69, 9.17) is 9.98 Å². The van der Waals surface area contributed by atoms with Crippen LogP contribution >= 0.6 is 0 Å². The average Bonchev–Trinajstić information content (AvgIpc) is 3.35. The molecule has 0 aromatic heterocycles. The van der Waals surface area contributed by atoms with E-state index in [1.165, 1.54) is 77.9 Å². The summed E-state index contributed by atoms with van der Waals surface area (Å²) in [6.45, 7) is 12.9. The van der Waals surface area contributed by atoms with E-state index in [0.717, 1.165) is 11.4 Å². The predicted octanol–water partition coefficient (Wildman–Crippen LogP) is 11.4. The summed E-state index contributed by atoms with van der Waals surface area (Å²) < 4.78 is 0. The maximum absolute atomic E-state index is 4.91. The van der Waals surface area contributed by atoms with Gasteiger partial charge < -0.3 is 0 Å². The van der Waals surface area contributed by atoms with Gasteiger partial charge in [0.2, 0.25) is 0 Å². The Morgan fingerprint density at radius 1 is 0.426 bits per heavy atom. The summed E-state index contributed by atoms with van der Waals surface area (Å²) >= 11 is 0. The molecule has 0 unspecified atom stereocenters. The highest BCUT2D eigenvalue weighted by molar-refractivity contribution is 5.88. The smallest absolute Gasteiger partial charge is 0.0713 e. The first-order valence-electron chi connectivity index (χ1n) is 16.4. The van der Waals surface area contributed by atoms with Crippen molar-refractivity contribution in [3.8, 4) is 11.1 Å². The molecule has 0 amide bonds. The monoisotopic (exact) mass is 608 g/mol. The first-order valence-corrected chi connectivity index (χ1v) is 16.4. The number of aryl methyl sites for hydroxylation is 6. The summed E-state index contributed by atoms with van der Waals surface area (Å²) in [5, 5.41) is 0. The largest absolute Gasteiger partial charge is 0.256 e. The van der Waals surface area contributed by atoms with Crippen LogP contribution in [-0.4, -0.2) is 12.4 Å². The molecule has 7 rings (SSSR count). The van der Waals surface area contributed by atoms with Gasteiger partial charge >= 0.3 is 0 Å². The normalized spacial score (nSPS) is 13.3. The Labute approximate surface area is 279 Å². The molecule has 0 fully saturated rings. The molecule has 1 aliphatic rings. The van der Waals surface area contributed by atoms with Crippen LogP contribution in [0.2, 0.25) is 0 Å². The van der Waals surface area contributed by atoms with E-state index in [2.05, 4.69) is 163 Å². The van der Waals surface area contributed by atoms with E-state index < -0.39 is 5.41 Å². The molecule has 0 aliphatic heterocycles. The number of hydrogen-bond donors (Lipinski definition) is 0. The molecule has 0 saturated carbocycles. The maximum Gasteiger partial charge on any atom is 0.0713 e. The fourth-order valence-corrected chi connectivity index (χ4v) is 7.69. The number of hydrogen-bond acceptors (Lipinski definition) is 2. The van der Waals surface area contributed by atoms with Gasteiger partial charge in [0.15, 0.2) is 0 Å². The highest BCUT2D eigenvalue weighted by Gasteiger charge is 2.45. The van der Waals surface area contributed by atoms with Crippen LogP contribution in [0.25, 0.3) is 11.1 Å². The van der Waals surface area contributed by atoms with Crippen molar-refractivity contribution in [1.82, 2.24) is 0 Å². The molecule has 6 aromatic carbocycles. The van der Waals surface area contributed by atoms with Crippen LogP contribution < -0.4 is 0 Å². The third-order valence-corrected chi connectivity index (χ3v) is 9.71. The molecule has 47 heavy (non-hydrogen) atoms. The fraction of sp³-hybridized carbons (Fsp3) is 0.156. The Bertz CT molecular complexity index is 1980. The number of benzene rings is 6. The zero-order valence-electron chi connectivity index (χ0n) is 28.1. The van der Waals surface area contributed by atoms with E-state index >= 15 is 0 Å². The van der Waals surface area contributed by atoms with Gasteiger partial charge in [0.1, 0.15) is 0 Å². The van der Waals surface area contributed by atoms with Gasteiger partial charge in [0.05, 0.1) is 16.8 Å². The molecular weight excluding hydrogens is 569 g/mol. The number of rotatable bonds is 6. The van der Waals surface area contributed by atoms with Crippen LogP contribution in [0.1, 0.15) is 66.8 Å². The molecule has 0 saturated heterocycles. The summed E-state index contributed by atoms with van der Waals surface area (Å²) in [7, 11) is 0. The summed E-state index contributed by atoms with van der Waals surface area (Å²) in [6.07, 6.45) is 4.02. The van der Waals surface area contributed by atoms with Crippen LogP contribution in [0, 0.1) is 41.5 Å². The Morgan fingerprint density at radius 3 is 1.13 bits per heavy atom. The zero-order valence-corrected chi connectivity index (χ0v) is 28.1. The van der Waals surface area contributed by atoms with Gasteiger partial charge in [-0.3, -0.25) is 9.98 Å². The highest BCUT2D eigenvalue weighted by atomic mass is 14.7. The number of fused-ring (bicyclic) bond motifs is 3. The first-order chi connectivity index (χ1) is 22.8. The third kappa shape index (κ3) is 5.34. The lowest BCUT2D eigenvalue weighted by Crippen LogP contribution is -2.28. The molecule has 0 heterocycles.